The molecule has 154 valence electrons. The Morgan fingerprint density at radius 2 is 1.93 bits per heavy atom. The van der Waals surface area contributed by atoms with Crippen LogP contribution in [0.4, 0.5) is 23.1 Å². The maximum atomic E-state index is 9.79. The summed E-state index contributed by atoms with van der Waals surface area (Å²) in [7, 11) is 0. The number of rotatable bonds is 7. The number of aryl methyl sites for hydroxylation is 1. The second kappa shape index (κ2) is 8.32. The van der Waals surface area contributed by atoms with E-state index in [1.165, 1.54) is 18.4 Å². The summed E-state index contributed by atoms with van der Waals surface area (Å²) in [6.45, 7) is 2.93. The van der Waals surface area contributed by atoms with Crippen LogP contribution in [0.3, 0.4) is 0 Å². The van der Waals surface area contributed by atoms with Gasteiger partial charge in [0.15, 0.2) is 0 Å². The molecule has 0 bridgehead atoms. The predicted octanol–water partition coefficient (Wildman–Crippen LogP) is 4.51. The Hall–Kier alpha value is -3.12. The van der Waals surface area contributed by atoms with Gasteiger partial charge in [0.2, 0.25) is 5.95 Å². The largest absolute Gasteiger partial charge is 0.508 e. The Balaban J connectivity index is 1.27. The maximum absolute atomic E-state index is 9.79. The fourth-order valence-corrected chi connectivity index (χ4v) is 3.96. The van der Waals surface area contributed by atoms with Gasteiger partial charge in [0.25, 0.3) is 0 Å². The van der Waals surface area contributed by atoms with Gasteiger partial charge in [0.05, 0.1) is 0 Å². The van der Waals surface area contributed by atoms with Crippen LogP contribution in [0.2, 0.25) is 0 Å². The molecular formula is C24H27N5O. The molecule has 0 atom stereocenters. The van der Waals surface area contributed by atoms with E-state index in [9.17, 15) is 5.11 Å². The first-order chi connectivity index (χ1) is 14.7. The van der Waals surface area contributed by atoms with Crippen LogP contribution < -0.4 is 15.5 Å². The molecule has 5 rings (SSSR count). The van der Waals surface area contributed by atoms with Gasteiger partial charge in [0, 0.05) is 30.7 Å². The van der Waals surface area contributed by atoms with E-state index in [-0.39, 0.29) is 0 Å². The van der Waals surface area contributed by atoms with Gasteiger partial charge in [-0.3, -0.25) is 0 Å². The van der Waals surface area contributed by atoms with Crippen LogP contribution in [0.25, 0.3) is 0 Å². The van der Waals surface area contributed by atoms with E-state index in [1.54, 1.807) is 12.3 Å². The van der Waals surface area contributed by atoms with Crippen molar-refractivity contribution in [3.63, 3.8) is 0 Å². The molecule has 2 aliphatic rings. The van der Waals surface area contributed by atoms with Crippen LogP contribution in [0.1, 0.15) is 30.4 Å². The van der Waals surface area contributed by atoms with Gasteiger partial charge in [-0.15, -0.1) is 0 Å². The highest BCUT2D eigenvalue weighted by atomic mass is 16.3. The molecule has 0 spiro atoms. The number of hydrogen-bond donors (Lipinski definition) is 3. The first-order valence-corrected chi connectivity index (χ1v) is 10.7. The zero-order valence-corrected chi connectivity index (χ0v) is 17.0. The molecule has 2 heterocycles. The number of hydrogen-bond acceptors (Lipinski definition) is 6. The van der Waals surface area contributed by atoms with E-state index < -0.39 is 0 Å². The number of anilines is 4. The fraction of sp³-hybridized carbons (Fsp3) is 0.333. The van der Waals surface area contributed by atoms with E-state index in [0.29, 0.717) is 11.7 Å². The minimum absolute atomic E-state index is 0.312. The minimum atomic E-state index is 0.312. The van der Waals surface area contributed by atoms with Crippen LogP contribution in [-0.4, -0.2) is 28.2 Å². The monoisotopic (exact) mass is 401 g/mol. The van der Waals surface area contributed by atoms with Crippen LogP contribution in [0.15, 0.2) is 54.7 Å². The van der Waals surface area contributed by atoms with Crippen LogP contribution >= 0.6 is 0 Å². The van der Waals surface area contributed by atoms with Crippen LogP contribution in [0.5, 0.6) is 5.75 Å². The molecular weight excluding hydrogens is 374 g/mol. The average Bonchev–Trinajstić information content (AvgIpc) is 3.59. The van der Waals surface area contributed by atoms with Gasteiger partial charge >= 0.3 is 0 Å². The molecule has 3 aromatic rings. The molecule has 0 unspecified atom stereocenters. The summed E-state index contributed by atoms with van der Waals surface area (Å²) < 4.78 is 0. The fourth-order valence-electron chi connectivity index (χ4n) is 3.96. The maximum Gasteiger partial charge on any atom is 0.229 e. The Morgan fingerprint density at radius 1 is 1.07 bits per heavy atom. The van der Waals surface area contributed by atoms with Gasteiger partial charge in [-0.1, -0.05) is 12.1 Å². The zero-order chi connectivity index (χ0) is 20.3. The molecule has 6 nitrogen and oxygen atoms in total. The average molecular weight is 402 g/mol. The second-order valence-electron chi connectivity index (χ2n) is 8.20. The standard InChI is InChI=1S/C24H27N5O/c30-21-9-10-22-19(14-21)2-1-13-29(22)23-11-12-26-24(28-23)27-20-7-5-18(6-8-20)16-25-15-17-3-4-17/h5-12,14,17,25,30H,1-4,13,15-16H2,(H,26,27,28). The molecule has 1 saturated carbocycles. The summed E-state index contributed by atoms with van der Waals surface area (Å²) in [5.74, 6) is 2.65. The molecule has 0 amide bonds. The van der Waals surface area contributed by atoms with Crippen molar-refractivity contribution in [1.82, 2.24) is 15.3 Å². The lowest BCUT2D eigenvalue weighted by molar-refractivity contribution is 0.474. The molecule has 1 fully saturated rings. The van der Waals surface area contributed by atoms with Gasteiger partial charge in [0.1, 0.15) is 11.6 Å². The number of nitrogens with zero attached hydrogens (tertiary/aromatic N) is 3. The molecule has 1 aliphatic carbocycles. The Morgan fingerprint density at radius 3 is 2.77 bits per heavy atom. The quantitative estimate of drug-likeness (QED) is 0.541. The van der Waals surface area contributed by atoms with Crippen molar-refractivity contribution in [1.29, 1.82) is 0 Å². The Bertz CT molecular complexity index is 1020. The van der Waals surface area contributed by atoms with Crippen LogP contribution in [-0.2, 0) is 13.0 Å². The molecule has 3 N–H and O–H groups in total. The second-order valence-corrected chi connectivity index (χ2v) is 8.20. The van der Waals surface area contributed by atoms with Gasteiger partial charge < -0.3 is 20.6 Å². The lowest BCUT2D eigenvalue weighted by Crippen LogP contribution is -2.25. The molecule has 1 aliphatic heterocycles. The number of benzene rings is 2. The Kier molecular flexibility index (Phi) is 5.24. The number of phenols is 1. The van der Waals surface area contributed by atoms with Crippen molar-refractivity contribution in [2.45, 2.75) is 32.2 Å². The first-order valence-electron chi connectivity index (χ1n) is 10.7. The molecule has 0 saturated heterocycles. The highest BCUT2D eigenvalue weighted by Gasteiger charge is 2.21. The van der Waals surface area contributed by atoms with E-state index in [2.05, 4.69) is 44.8 Å². The molecule has 30 heavy (non-hydrogen) atoms. The van der Waals surface area contributed by atoms with E-state index in [0.717, 1.165) is 61.1 Å². The predicted molar refractivity (Wildman–Crippen MR) is 120 cm³/mol. The number of fused-ring (bicyclic) bond motifs is 1. The number of phenolic OH excluding ortho intramolecular Hbond substituents is 1. The lowest BCUT2D eigenvalue weighted by Gasteiger charge is -2.30. The lowest BCUT2D eigenvalue weighted by atomic mass is 10.0. The number of aromatic hydroxyl groups is 1. The van der Waals surface area contributed by atoms with Crippen LogP contribution in [0, 0.1) is 5.92 Å². The molecule has 6 heteroatoms. The highest BCUT2D eigenvalue weighted by molar-refractivity contribution is 5.67. The third kappa shape index (κ3) is 4.39. The van der Waals surface area contributed by atoms with Gasteiger partial charge in [-0.25, -0.2) is 4.98 Å². The SMILES string of the molecule is Oc1ccc2c(c1)CCCN2c1ccnc(Nc2ccc(CNCC3CC3)cc2)n1. The normalized spacial score (nSPS) is 15.7. The van der Waals surface area contributed by atoms with Crippen molar-refractivity contribution >= 4 is 23.1 Å². The third-order valence-corrected chi connectivity index (χ3v) is 5.77. The smallest absolute Gasteiger partial charge is 0.229 e. The van der Waals surface area contributed by atoms with E-state index in [4.69, 9.17) is 4.98 Å². The van der Waals surface area contributed by atoms with E-state index in [1.807, 2.05) is 18.2 Å². The third-order valence-electron chi connectivity index (χ3n) is 5.77. The highest BCUT2D eigenvalue weighted by Crippen LogP contribution is 2.34. The summed E-state index contributed by atoms with van der Waals surface area (Å²) in [6.07, 6.45) is 6.54. The summed E-state index contributed by atoms with van der Waals surface area (Å²) in [5, 5.41) is 16.6. The molecule has 2 aromatic carbocycles. The summed E-state index contributed by atoms with van der Waals surface area (Å²) >= 11 is 0. The van der Waals surface area contributed by atoms with Crippen molar-refractivity contribution in [2.75, 3.05) is 23.3 Å². The van der Waals surface area contributed by atoms with Crippen molar-refractivity contribution in [2.24, 2.45) is 5.92 Å². The van der Waals surface area contributed by atoms with Crippen molar-refractivity contribution in [3.8, 4) is 5.75 Å². The van der Waals surface area contributed by atoms with Gasteiger partial charge in [-0.05, 0) is 85.7 Å². The number of nitrogens with one attached hydrogen (secondary N) is 2. The first kappa shape index (κ1) is 18.9. The summed E-state index contributed by atoms with van der Waals surface area (Å²) in [5.41, 5.74) is 4.51. The Labute approximate surface area is 177 Å². The zero-order valence-electron chi connectivity index (χ0n) is 17.0. The summed E-state index contributed by atoms with van der Waals surface area (Å²) in [4.78, 5) is 11.3. The minimum Gasteiger partial charge on any atom is -0.508 e. The topological polar surface area (TPSA) is 73.3 Å². The molecule has 1 aromatic heterocycles. The number of aromatic nitrogens is 2. The summed E-state index contributed by atoms with van der Waals surface area (Å²) in [6, 6.07) is 15.9. The van der Waals surface area contributed by atoms with Crippen molar-refractivity contribution < 1.29 is 5.11 Å². The molecule has 0 radical (unpaired) electrons. The van der Waals surface area contributed by atoms with E-state index >= 15 is 0 Å². The van der Waals surface area contributed by atoms with Gasteiger partial charge in [-0.2, -0.15) is 4.98 Å². The van der Waals surface area contributed by atoms with Crippen molar-refractivity contribution in [3.05, 3.63) is 65.9 Å².